The highest BCUT2D eigenvalue weighted by atomic mass is 35.5. The lowest BCUT2D eigenvalue weighted by Gasteiger charge is -2.18. The van der Waals surface area contributed by atoms with Crippen molar-refractivity contribution in [1.29, 1.82) is 0 Å². The van der Waals surface area contributed by atoms with Gasteiger partial charge >= 0.3 is 0 Å². The number of carbonyl (C=O) groups excluding carboxylic acids is 1. The standard InChI is InChI=1S/C12H18ClN3O/c1-2-16-9-10(13)11(14-16)12(17)15-7-5-3-4-6-8-15/h9H,2-8H2,1H3. The molecule has 0 radical (unpaired) electrons. The van der Waals surface area contributed by atoms with Crippen molar-refractivity contribution in [3.8, 4) is 0 Å². The summed E-state index contributed by atoms with van der Waals surface area (Å²) in [5.41, 5.74) is 0.399. The van der Waals surface area contributed by atoms with Crippen LogP contribution in [0, 0.1) is 0 Å². The lowest BCUT2D eigenvalue weighted by Crippen LogP contribution is -2.32. The second kappa shape index (κ2) is 5.54. The van der Waals surface area contributed by atoms with E-state index >= 15 is 0 Å². The van der Waals surface area contributed by atoms with Gasteiger partial charge in [0.15, 0.2) is 5.69 Å². The molecule has 2 rings (SSSR count). The number of carbonyl (C=O) groups is 1. The summed E-state index contributed by atoms with van der Waals surface area (Å²) in [7, 11) is 0. The van der Waals surface area contributed by atoms with Crippen LogP contribution in [0.5, 0.6) is 0 Å². The Labute approximate surface area is 107 Å². The van der Waals surface area contributed by atoms with Gasteiger partial charge < -0.3 is 4.90 Å². The molecule has 1 amide bonds. The van der Waals surface area contributed by atoms with E-state index in [0.29, 0.717) is 10.7 Å². The normalized spacial score (nSPS) is 16.9. The zero-order valence-electron chi connectivity index (χ0n) is 10.2. The van der Waals surface area contributed by atoms with Crippen LogP contribution >= 0.6 is 11.6 Å². The first-order chi connectivity index (χ1) is 8.22. The van der Waals surface area contributed by atoms with E-state index in [1.807, 2.05) is 11.8 Å². The van der Waals surface area contributed by atoms with Gasteiger partial charge in [0, 0.05) is 25.8 Å². The van der Waals surface area contributed by atoms with Gasteiger partial charge in [0.1, 0.15) is 0 Å². The third kappa shape index (κ3) is 2.80. The van der Waals surface area contributed by atoms with E-state index in [0.717, 1.165) is 32.5 Å². The summed E-state index contributed by atoms with van der Waals surface area (Å²) in [5.74, 6) is -0.0240. The van der Waals surface area contributed by atoms with Crippen LogP contribution in [0.2, 0.25) is 5.02 Å². The highest BCUT2D eigenvalue weighted by molar-refractivity contribution is 6.33. The summed E-state index contributed by atoms with van der Waals surface area (Å²) in [6.07, 6.45) is 6.30. The molecule has 0 saturated carbocycles. The van der Waals surface area contributed by atoms with Crippen molar-refractivity contribution in [1.82, 2.24) is 14.7 Å². The fourth-order valence-corrected chi connectivity index (χ4v) is 2.36. The number of aromatic nitrogens is 2. The van der Waals surface area contributed by atoms with Crippen molar-refractivity contribution in [3.63, 3.8) is 0 Å². The number of hydrogen-bond donors (Lipinski definition) is 0. The molecule has 5 heteroatoms. The summed E-state index contributed by atoms with van der Waals surface area (Å²) >= 11 is 6.05. The molecule has 2 heterocycles. The summed E-state index contributed by atoms with van der Waals surface area (Å²) in [6.45, 7) is 4.36. The number of amides is 1. The Kier molecular flexibility index (Phi) is 4.05. The van der Waals surface area contributed by atoms with Gasteiger partial charge in [0.25, 0.3) is 5.91 Å². The van der Waals surface area contributed by atoms with Crippen molar-refractivity contribution in [2.75, 3.05) is 13.1 Å². The molecule has 0 aromatic carbocycles. The van der Waals surface area contributed by atoms with E-state index in [-0.39, 0.29) is 5.91 Å². The monoisotopic (exact) mass is 255 g/mol. The van der Waals surface area contributed by atoms with Crippen molar-refractivity contribution in [2.45, 2.75) is 39.2 Å². The SMILES string of the molecule is CCn1cc(Cl)c(C(=O)N2CCCCCC2)n1. The van der Waals surface area contributed by atoms with Gasteiger partial charge in [-0.25, -0.2) is 0 Å². The van der Waals surface area contributed by atoms with E-state index in [4.69, 9.17) is 11.6 Å². The molecule has 0 unspecified atom stereocenters. The number of halogens is 1. The fraction of sp³-hybridized carbons (Fsp3) is 0.667. The smallest absolute Gasteiger partial charge is 0.275 e. The summed E-state index contributed by atoms with van der Waals surface area (Å²) in [4.78, 5) is 14.1. The Bertz CT molecular complexity index is 394. The first-order valence-corrected chi connectivity index (χ1v) is 6.62. The number of aryl methyl sites for hydroxylation is 1. The molecule has 1 aromatic heterocycles. The molecule has 0 bridgehead atoms. The highest BCUT2D eigenvalue weighted by Gasteiger charge is 2.22. The van der Waals surface area contributed by atoms with E-state index in [9.17, 15) is 4.79 Å². The topological polar surface area (TPSA) is 38.1 Å². The minimum atomic E-state index is -0.0240. The highest BCUT2D eigenvalue weighted by Crippen LogP contribution is 2.18. The zero-order chi connectivity index (χ0) is 12.3. The summed E-state index contributed by atoms with van der Waals surface area (Å²) in [5, 5.41) is 4.69. The van der Waals surface area contributed by atoms with Crippen LogP contribution in [0.4, 0.5) is 0 Å². The third-order valence-corrected chi connectivity index (χ3v) is 3.41. The summed E-state index contributed by atoms with van der Waals surface area (Å²) < 4.78 is 1.70. The number of hydrogen-bond acceptors (Lipinski definition) is 2. The fourth-order valence-electron chi connectivity index (χ4n) is 2.13. The lowest BCUT2D eigenvalue weighted by molar-refractivity contribution is 0.0755. The Morgan fingerprint density at radius 2 is 2.00 bits per heavy atom. The second-order valence-corrected chi connectivity index (χ2v) is 4.79. The molecule has 1 aliphatic rings. The zero-order valence-corrected chi connectivity index (χ0v) is 10.9. The van der Waals surface area contributed by atoms with Crippen LogP contribution < -0.4 is 0 Å². The molecule has 0 N–H and O–H groups in total. The average molecular weight is 256 g/mol. The van der Waals surface area contributed by atoms with Crippen molar-refractivity contribution < 1.29 is 4.79 Å². The van der Waals surface area contributed by atoms with Gasteiger partial charge in [-0.15, -0.1) is 0 Å². The van der Waals surface area contributed by atoms with Crippen LogP contribution in [0.3, 0.4) is 0 Å². The van der Waals surface area contributed by atoms with Crippen molar-refractivity contribution in [3.05, 3.63) is 16.9 Å². The number of nitrogens with zero attached hydrogens (tertiary/aromatic N) is 3. The third-order valence-electron chi connectivity index (χ3n) is 3.14. The molecule has 0 spiro atoms. The molecule has 1 aromatic rings. The lowest BCUT2D eigenvalue weighted by atomic mass is 10.2. The van der Waals surface area contributed by atoms with E-state index in [1.165, 1.54) is 12.8 Å². The molecule has 1 fully saturated rings. The molecular weight excluding hydrogens is 238 g/mol. The molecule has 17 heavy (non-hydrogen) atoms. The van der Waals surface area contributed by atoms with Gasteiger partial charge in [-0.1, -0.05) is 24.4 Å². The maximum Gasteiger partial charge on any atom is 0.275 e. The second-order valence-electron chi connectivity index (χ2n) is 4.39. The van der Waals surface area contributed by atoms with Crippen LogP contribution in [0.25, 0.3) is 0 Å². The maximum atomic E-state index is 12.3. The Morgan fingerprint density at radius 3 is 2.53 bits per heavy atom. The number of likely N-dealkylation sites (tertiary alicyclic amines) is 1. The molecule has 1 aliphatic heterocycles. The van der Waals surface area contributed by atoms with Crippen LogP contribution in [0.15, 0.2) is 6.20 Å². The molecule has 4 nitrogen and oxygen atoms in total. The van der Waals surface area contributed by atoms with Gasteiger partial charge in [0.05, 0.1) is 5.02 Å². The average Bonchev–Trinajstić information content (AvgIpc) is 2.56. The molecule has 1 saturated heterocycles. The summed E-state index contributed by atoms with van der Waals surface area (Å²) in [6, 6.07) is 0. The predicted molar refractivity (Wildman–Crippen MR) is 67.3 cm³/mol. The maximum absolute atomic E-state index is 12.3. The van der Waals surface area contributed by atoms with E-state index in [2.05, 4.69) is 5.10 Å². The first-order valence-electron chi connectivity index (χ1n) is 6.24. The van der Waals surface area contributed by atoms with Gasteiger partial charge in [-0.05, 0) is 19.8 Å². The van der Waals surface area contributed by atoms with E-state index in [1.54, 1.807) is 10.9 Å². The Hall–Kier alpha value is -1.03. The minimum absolute atomic E-state index is 0.0240. The van der Waals surface area contributed by atoms with Crippen molar-refractivity contribution in [2.24, 2.45) is 0 Å². The molecule has 0 aliphatic carbocycles. The molecule has 94 valence electrons. The van der Waals surface area contributed by atoms with Crippen LogP contribution in [-0.4, -0.2) is 33.7 Å². The largest absolute Gasteiger partial charge is 0.337 e. The van der Waals surface area contributed by atoms with Crippen LogP contribution in [0.1, 0.15) is 43.1 Å². The molecule has 0 atom stereocenters. The predicted octanol–water partition coefficient (Wildman–Crippen LogP) is 2.57. The first kappa shape index (κ1) is 12.4. The van der Waals surface area contributed by atoms with Gasteiger partial charge in [-0.2, -0.15) is 5.10 Å². The van der Waals surface area contributed by atoms with Gasteiger partial charge in [0.2, 0.25) is 0 Å². The minimum Gasteiger partial charge on any atom is -0.337 e. The Balaban J connectivity index is 2.14. The Morgan fingerprint density at radius 1 is 1.35 bits per heavy atom. The van der Waals surface area contributed by atoms with Crippen LogP contribution in [-0.2, 0) is 6.54 Å². The van der Waals surface area contributed by atoms with Gasteiger partial charge in [-0.3, -0.25) is 9.48 Å². The van der Waals surface area contributed by atoms with E-state index < -0.39 is 0 Å². The molecular formula is C12H18ClN3O. The number of rotatable bonds is 2. The quantitative estimate of drug-likeness (QED) is 0.815. The van der Waals surface area contributed by atoms with Crippen molar-refractivity contribution >= 4 is 17.5 Å².